The van der Waals surface area contributed by atoms with E-state index in [0.717, 1.165) is 58.7 Å². The number of pyridine rings is 1. The number of hydrogen-bond donors (Lipinski definition) is 4. The van der Waals surface area contributed by atoms with Crippen molar-refractivity contribution < 1.29 is 25.0 Å². The highest BCUT2D eigenvalue weighted by molar-refractivity contribution is 5.87. The van der Waals surface area contributed by atoms with Crippen molar-refractivity contribution in [3.8, 4) is 5.75 Å². The number of hydrogen-bond acceptors (Lipinski definition) is 6. The molecule has 36 heavy (non-hydrogen) atoms. The van der Waals surface area contributed by atoms with Crippen LogP contribution in [0.4, 0.5) is 0 Å². The Morgan fingerprint density at radius 2 is 1.86 bits per heavy atom. The van der Waals surface area contributed by atoms with Crippen molar-refractivity contribution >= 4 is 10.9 Å². The van der Waals surface area contributed by atoms with Gasteiger partial charge in [-0.1, -0.05) is 36.4 Å². The molecular formula is C28H38N3O5+. The second-order valence-electron chi connectivity index (χ2n) is 9.61. The lowest BCUT2D eigenvalue weighted by Gasteiger charge is -2.39. The molecule has 4 rings (SSSR count). The summed E-state index contributed by atoms with van der Waals surface area (Å²) in [5.41, 5.74) is 1.83. The molecule has 3 aromatic rings. The zero-order valence-electron chi connectivity index (χ0n) is 21.0. The first-order chi connectivity index (χ1) is 17.5. The molecule has 1 aromatic heterocycles. The van der Waals surface area contributed by atoms with Crippen LogP contribution in [0.2, 0.25) is 0 Å². The molecule has 1 atom stereocenters. The number of aromatic nitrogens is 1. The lowest BCUT2D eigenvalue weighted by Crippen LogP contribution is -2.89. The number of nitrogens with one attached hydrogen (secondary N) is 1. The molecule has 0 radical (unpaired) electrons. The van der Waals surface area contributed by atoms with Gasteiger partial charge in [0.25, 0.3) is 0 Å². The van der Waals surface area contributed by atoms with E-state index < -0.39 is 6.10 Å². The lowest BCUT2D eigenvalue weighted by atomic mass is 9.90. The SMILES string of the molecule is COC1(C[NH2+]C[C@H](O)c2ccc(O)c3[nH]c(=O)ccc23)CCN(CCOCCc2ccccc2)CC1. The number of fused-ring (bicyclic) bond motifs is 1. The van der Waals surface area contributed by atoms with Crippen LogP contribution in [0.1, 0.15) is 30.1 Å². The predicted molar refractivity (Wildman–Crippen MR) is 139 cm³/mol. The quantitative estimate of drug-likeness (QED) is 0.283. The largest absolute Gasteiger partial charge is 0.506 e. The smallest absolute Gasteiger partial charge is 0.248 e. The number of phenolic OH excluding ortho intramolecular Hbond substituents is 1. The number of aliphatic hydroxyl groups excluding tert-OH is 1. The van der Waals surface area contributed by atoms with Crippen LogP contribution in [0.15, 0.2) is 59.4 Å². The van der Waals surface area contributed by atoms with Gasteiger partial charge in [-0.25, -0.2) is 0 Å². The number of phenols is 1. The van der Waals surface area contributed by atoms with E-state index >= 15 is 0 Å². The van der Waals surface area contributed by atoms with Gasteiger partial charge in [0.2, 0.25) is 5.56 Å². The maximum Gasteiger partial charge on any atom is 0.248 e. The summed E-state index contributed by atoms with van der Waals surface area (Å²) in [6.07, 6.45) is 2.07. The van der Waals surface area contributed by atoms with Gasteiger partial charge in [-0.2, -0.15) is 0 Å². The fourth-order valence-corrected chi connectivity index (χ4v) is 4.99. The number of rotatable bonds is 12. The van der Waals surface area contributed by atoms with Crippen LogP contribution in [0, 0.1) is 0 Å². The Kier molecular flexibility index (Phi) is 9.12. The van der Waals surface area contributed by atoms with Crippen molar-refractivity contribution in [2.24, 2.45) is 0 Å². The minimum Gasteiger partial charge on any atom is -0.506 e. The van der Waals surface area contributed by atoms with Crippen LogP contribution in [0.3, 0.4) is 0 Å². The zero-order valence-corrected chi connectivity index (χ0v) is 21.0. The monoisotopic (exact) mass is 496 g/mol. The third-order valence-corrected chi connectivity index (χ3v) is 7.30. The highest BCUT2D eigenvalue weighted by Gasteiger charge is 2.36. The Hall–Kier alpha value is -2.75. The number of H-pyrrole nitrogens is 1. The third kappa shape index (κ3) is 6.72. The van der Waals surface area contributed by atoms with Crippen molar-refractivity contribution in [1.29, 1.82) is 0 Å². The number of benzene rings is 2. The van der Waals surface area contributed by atoms with Crippen molar-refractivity contribution in [2.75, 3.05) is 53.0 Å². The zero-order chi connectivity index (χ0) is 25.4. The summed E-state index contributed by atoms with van der Waals surface area (Å²) in [5, 5.41) is 23.7. The van der Waals surface area contributed by atoms with E-state index in [2.05, 4.69) is 39.5 Å². The second kappa shape index (κ2) is 12.5. The van der Waals surface area contributed by atoms with E-state index in [1.807, 2.05) is 6.07 Å². The summed E-state index contributed by atoms with van der Waals surface area (Å²) in [5.74, 6) is -0.00526. The molecule has 1 aliphatic rings. The Bertz CT molecular complexity index is 1160. The number of methoxy groups -OCH3 is 1. The van der Waals surface area contributed by atoms with Crippen LogP contribution in [0.25, 0.3) is 10.9 Å². The Labute approximate surface area is 211 Å². The molecule has 1 saturated heterocycles. The Morgan fingerprint density at radius 1 is 1.08 bits per heavy atom. The minimum atomic E-state index is -0.735. The van der Waals surface area contributed by atoms with Crippen molar-refractivity contribution in [3.63, 3.8) is 0 Å². The summed E-state index contributed by atoms with van der Waals surface area (Å²) in [7, 11) is 1.77. The molecule has 0 amide bonds. The first kappa shape index (κ1) is 26.3. The molecule has 0 aliphatic carbocycles. The van der Waals surface area contributed by atoms with Crippen LogP contribution >= 0.6 is 0 Å². The Morgan fingerprint density at radius 3 is 2.61 bits per heavy atom. The summed E-state index contributed by atoms with van der Waals surface area (Å²) in [6.45, 7) is 5.54. The van der Waals surface area contributed by atoms with Gasteiger partial charge in [0.15, 0.2) is 0 Å². The molecule has 0 saturated carbocycles. The summed E-state index contributed by atoms with van der Waals surface area (Å²) in [4.78, 5) is 16.7. The molecule has 2 heterocycles. The molecular weight excluding hydrogens is 458 g/mol. The standard InChI is InChI=1S/C28H37N3O5/c1-35-28(12-14-31(15-13-28)16-18-36-17-11-21-5-3-2-4-6-21)20-29-19-25(33)22-7-9-24(32)27-23(22)8-10-26(34)30-27/h2-10,25,29,32-33H,11-20H2,1H3,(H,30,34)/p+1/t25-/m0/s1. The number of aliphatic hydroxyl groups is 1. The van der Waals surface area contributed by atoms with Gasteiger partial charge in [-0.3, -0.25) is 4.79 Å². The fourth-order valence-electron chi connectivity index (χ4n) is 4.99. The van der Waals surface area contributed by atoms with E-state index in [0.29, 0.717) is 23.0 Å². The van der Waals surface area contributed by atoms with Gasteiger partial charge in [0.05, 0.1) is 18.7 Å². The van der Waals surface area contributed by atoms with Gasteiger partial charge in [0.1, 0.15) is 30.5 Å². The average Bonchev–Trinajstić information content (AvgIpc) is 2.90. The normalized spacial score (nSPS) is 16.8. The molecule has 8 heteroatoms. The molecule has 194 valence electrons. The third-order valence-electron chi connectivity index (χ3n) is 7.30. The number of nitrogens with two attached hydrogens (primary N) is 1. The number of aromatic amines is 1. The van der Waals surface area contributed by atoms with Crippen molar-refractivity contribution in [2.45, 2.75) is 31.0 Å². The summed E-state index contributed by atoms with van der Waals surface area (Å²) in [6, 6.07) is 16.7. The van der Waals surface area contributed by atoms with Gasteiger partial charge in [-0.05, 0) is 42.5 Å². The van der Waals surface area contributed by atoms with E-state index in [4.69, 9.17) is 9.47 Å². The molecule has 1 fully saturated rings. The molecule has 5 N–H and O–H groups in total. The fraction of sp³-hybridized carbons (Fsp3) is 0.464. The molecule has 0 unspecified atom stereocenters. The summed E-state index contributed by atoms with van der Waals surface area (Å²) >= 11 is 0. The molecule has 8 nitrogen and oxygen atoms in total. The second-order valence-corrected chi connectivity index (χ2v) is 9.61. The first-order valence-corrected chi connectivity index (χ1v) is 12.7. The van der Waals surface area contributed by atoms with E-state index in [9.17, 15) is 15.0 Å². The van der Waals surface area contributed by atoms with E-state index in [1.54, 1.807) is 19.2 Å². The summed E-state index contributed by atoms with van der Waals surface area (Å²) < 4.78 is 11.8. The number of likely N-dealkylation sites (tertiary alicyclic amines) is 1. The van der Waals surface area contributed by atoms with Crippen molar-refractivity contribution in [1.82, 2.24) is 9.88 Å². The van der Waals surface area contributed by atoms with E-state index in [1.165, 1.54) is 17.7 Å². The molecule has 1 aliphatic heterocycles. The maximum absolute atomic E-state index is 11.6. The molecule has 0 bridgehead atoms. The molecule has 2 aromatic carbocycles. The highest BCUT2D eigenvalue weighted by atomic mass is 16.5. The number of quaternary nitrogens is 1. The highest BCUT2D eigenvalue weighted by Crippen LogP contribution is 2.28. The van der Waals surface area contributed by atoms with Crippen LogP contribution in [-0.4, -0.2) is 78.7 Å². The number of piperidine rings is 1. The Balaban J connectivity index is 1.20. The van der Waals surface area contributed by atoms with Crippen LogP contribution in [-0.2, 0) is 15.9 Å². The minimum absolute atomic E-state index is 0.00526. The van der Waals surface area contributed by atoms with Gasteiger partial charge in [-0.15, -0.1) is 0 Å². The van der Waals surface area contributed by atoms with Gasteiger partial charge in [0, 0.05) is 38.2 Å². The number of aromatic hydroxyl groups is 1. The lowest BCUT2D eigenvalue weighted by molar-refractivity contribution is -0.674. The first-order valence-electron chi connectivity index (χ1n) is 12.7. The van der Waals surface area contributed by atoms with E-state index in [-0.39, 0.29) is 16.9 Å². The maximum atomic E-state index is 11.6. The predicted octanol–water partition coefficient (Wildman–Crippen LogP) is 1.57. The average molecular weight is 497 g/mol. The topological polar surface area (TPSA) is 112 Å². The van der Waals surface area contributed by atoms with Crippen LogP contribution < -0.4 is 10.9 Å². The van der Waals surface area contributed by atoms with Gasteiger partial charge >= 0.3 is 0 Å². The molecule has 0 spiro atoms. The van der Waals surface area contributed by atoms with Crippen LogP contribution in [0.5, 0.6) is 5.75 Å². The van der Waals surface area contributed by atoms with Crippen molar-refractivity contribution in [3.05, 3.63) is 76.1 Å². The van der Waals surface area contributed by atoms with Gasteiger partial charge < -0.3 is 34.9 Å². The number of ether oxygens (including phenoxy) is 2. The number of nitrogens with zero attached hydrogens (tertiary/aromatic N) is 1.